The first-order chi connectivity index (χ1) is 12.9. The highest BCUT2D eigenvalue weighted by Crippen LogP contribution is 2.28. The number of benzene rings is 2. The predicted octanol–water partition coefficient (Wildman–Crippen LogP) is 3.97. The number of rotatable bonds is 5. The fourth-order valence-corrected chi connectivity index (χ4v) is 3.36. The molecule has 0 aliphatic heterocycles. The third-order valence-electron chi connectivity index (χ3n) is 4.59. The third kappa shape index (κ3) is 4.19. The zero-order valence-corrected chi connectivity index (χ0v) is 16.3. The van der Waals surface area contributed by atoms with Crippen LogP contribution in [0.3, 0.4) is 0 Å². The number of aromatic amines is 1. The van der Waals surface area contributed by atoms with Crippen molar-refractivity contribution in [2.45, 2.75) is 26.3 Å². The summed E-state index contributed by atoms with van der Waals surface area (Å²) < 4.78 is 0. The number of hydrogen-bond donors (Lipinski definition) is 1. The molecule has 1 heterocycles. The van der Waals surface area contributed by atoms with Crippen LogP contribution >= 0.6 is 11.6 Å². The first kappa shape index (κ1) is 19.1. The van der Waals surface area contributed by atoms with E-state index in [0.717, 1.165) is 5.56 Å². The number of fused-ring (bicyclic) bond motifs is 1. The van der Waals surface area contributed by atoms with E-state index in [-0.39, 0.29) is 29.8 Å². The van der Waals surface area contributed by atoms with Gasteiger partial charge in [-0.15, -0.1) is 0 Å². The maximum atomic E-state index is 13.1. The number of H-pyrrole nitrogens is 1. The summed E-state index contributed by atoms with van der Waals surface area (Å²) in [4.78, 5) is 34.2. The van der Waals surface area contributed by atoms with Crippen LogP contribution in [0.4, 0.5) is 0 Å². The quantitative estimate of drug-likeness (QED) is 0.724. The van der Waals surface area contributed by atoms with E-state index in [1.807, 2.05) is 32.0 Å². The molecule has 5 nitrogen and oxygen atoms in total. The summed E-state index contributed by atoms with van der Waals surface area (Å²) in [5.74, 6) is 0.264. The van der Waals surface area contributed by atoms with Crippen molar-refractivity contribution in [3.8, 4) is 0 Å². The van der Waals surface area contributed by atoms with E-state index in [0.29, 0.717) is 21.7 Å². The molecule has 1 aromatic heterocycles. The Labute approximate surface area is 163 Å². The van der Waals surface area contributed by atoms with Crippen LogP contribution in [0.2, 0.25) is 5.02 Å². The van der Waals surface area contributed by atoms with E-state index in [2.05, 4.69) is 9.97 Å². The van der Waals surface area contributed by atoms with E-state index in [1.54, 1.807) is 42.3 Å². The average molecular weight is 384 g/mol. The molecule has 1 amide bonds. The van der Waals surface area contributed by atoms with Crippen molar-refractivity contribution in [2.75, 3.05) is 7.05 Å². The molecule has 140 valence electrons. The summed E-state index contributed by atoms with van der Waals surface area (Å²) in [7, 11) is 1.73. The minimum atomic E-state index is -0.292. The molecular weight excluding hydrogens is 362 g/mol. The van der Waals surface area contributed by atoms with Crippen molar-refractivity contribution < 1.29 is 4.79 Å². The van der Waals surface area contributed by atoms with Crippen LogP contribution in [0.25, 0.3) is 10.9 Å². The zero-order valence-electron chi connectivity index (χ0n) is 15.6. The van der Waals surface area contributed by atoms with Gasteiger partial charge in [-0.3, -0.25) is 9.59 Å². The van der Waals surface area contributed by atoms with Crippen molar-refractivity contribution in [3.05, 3.63) is 75.3 Å². The maximum Gasteiger partial charge on any atom is 0.258 e. The Bertz CT molecular complexity index is 1010. The van der Waals surface area contributed by atoms with Gasteiger partial charge < -0.3 is 9.88 Å². The predicted molar refractivity (Wildman–Crippen MR) is 108 cm³/mol. The molecule has 1 atom stereocenters. The Morgan fingerprint density at radius 1 is 1.15 bits per heavy atom. The molecule has 27 heavy (non-hydrogen) atoms. The molecule has 0 radical (unpaired) electrons. The zero-order chi connectivity index (χ0) is 19.6. The Morgan fingerprint density at radius 3 is 2.48 bits per heavy atom. The lowest BCUT2D eigenvalue weighted by Gasteiger charge is -2.26. The molecule has 0 fully saturated rings. The molecule has 0 bridgehead atoms. The Balaban J connectivity index is 1.85. The number of nitrogens with one attached hydrogen (secondary N) is 1. The molecule has 0 aliphatic rings. The van der Waals surface area contributed by atoms with E-state index in [1.165, 1.54) is 0 Å². The highest BCUT2D eigenvalue weighted by atomic mass is 35.5. The number of amides is 1. The first-order valence-electron chi connectivity index (χ1n) is 8.85. The molecule has 1 N–H and O–H groups in total. The van der Waals surface area contributed by atoms with Crippen LogP contribution in [0, 0.1) is 5.92 Å². The summed E-state index contributed by atoms with van der Waals surface area (Å²) in [5.41, 5.74) is 1.34. The van der Waals surface area contributed by atoms with E-state index >= 15 is 0 Å². The molecule has 3 rings (SSSR count). The van der Waals surface area contributed by atoms with Crippen LogP contribution in [0.5, 0.6) is 0 Å². The number of halogens is 1. The van der Waals surface area contributed by atoms with Crippen LogP contribution < -0.4 is 5.56 Å². The largest absolute Gasteiger partial charge is 0.338 e. The molecule has 0 aliphatic carbocycles. The Kier molecular flexibility index (Phi) is 5.61. The minimum absolute atomic E-state index is 0.0249. The van der Waals surface area contributed by atoms with Crippen LogP contribution in [-0.4, -0.2) is 27.8 Å². The molecule has 0 unspecified atom stereocenters. The number of nitrogens with zero attached hydrogens (tertiary/aromatic N) is 2. The summed E-state index contributed by atoms with van der Waals surface area (Å²) in [6.45, 7) is 4.26. The SMILES string of the molecule is CC(C)[C@H](C(=O)N(C)Cc1nc2ccccc2c(=O)[nH]1)c1ccc(Cl)cc1. The Morgan fingerprint density at radius 2 is 1.81 bits per heavy atom. The molecular formula is C21H22ClN3O2. The lowest BCUT2D eigenvalue weighted by Crippen LogP contribution is -2.34. The smallest absolute Gasteiger partial charge is 0.258 e. The number of aromatic nitrogens is 2. The average Bonchev–Trinajstić information content (AvgIpc) is 2.63. The van der Waals surface area contributed by atoms with Gasteiger partial charge in [0.15, 0.2) is 0 Å². The molecule has 0 saturated carbocycles. The topological polar surface area (TPSA) is 66.1 Å². The van der Waals surface area contributed by atoms with E-state index < -0.39 is 0 Å². The first-order valence-corrected chi connectivity index (χ1v) is 9.23. The van der Waals surface area contributed by atoms with Gasteiger partial charge >= 0.3 is 0 Å². The second kappa shape index (κ2) is 7.92. The van der Waals surface area contributed by atoms with Crippen LogP contribution in [0.15, 0.2) is 53.3 Å². The van der Waals surface area contributed by atoms with Gasteiger partial charge in [-0.1, -0.05) is 49.7 Å². The summed E-state index contributed by atoms with van der Waals surface area (Å²) in [6.07, 6.45) is 0. The fourth-order valence-electron chi connectivity index (χ4n) is 3.23. The van der Waals surface area contributed by atoms with Gasteiger partial charge in [-0.05, 0) is 35.7 Å². The van der Waals surface area contributed by atoms with Gasteiger partial charge in [0.1, 0.15) is 5.82 Å². The van der Waals surface area contributed by atoms with Crippen molar-refractivity contribution in [3.63, 3.8) is 0 Å². The number of hydrogen-bond acceptors (Lipinski definition) is 3. The van der Waals surface area contributed by atoms with E-state index in [9.17, 15) is 9.59 Å². The van der Waals surface area contributed by atoms with Gasteiger partial charge in [0.2, 0.25) is 5.91 Å². The molecule has 3 aromatic rings. The van der Waals surface area contributed by atoms with Gasteiger partial charge in [-0.25, -0.2) is 4.98 Å². The van der Waals surface area contributed by atoms with Crippen LogP contribution in [0.1, 0.15) is 31.2 Å². The lowest BCUT2D eigenvalue weighted by molar-refractivity contribution is -0.133. The second-order valence-electron chi connectivity index (χ2n) is 7.00. The summed E-state index contributed by atoms with van der Waals surface area (Å²) >= 11 is 5.97. The third-order valence-corrected chi connectivity index (χ3v) is 4.84. The number of carbonyl (C=O) groups excluding carboxylic acids is 1. The van der Waals surface area contributed by atoms with Crippen molar-refractivity contribution >= 4 is 28.4 Å². The number of likely N-dealkylation sites (N-methyl/N-ethyl adjacent to an activating group) is 1. The fraction of sp³-hybridized carbons (Fsp3) is 0.286. The van der Waals surface area contributed by atoms with Crippen molar-refractivity contribution in [2.24, 2.45) is 5.92 Å². The normalized spacial score (nSPS) is 12.3. The standard InChI is InChI=1S/C21H22ClN3O2/c1-13(2)19(14-8-10-15(22)11-9-14)21(27)25(3)12-18-23-17-7-5-4-6-16(17)20(26)24-18/h4-11,13,19H,12H2,1-3H3,(H,23,24,26)/t19-/m0/s1. The number of carbonyl (C=O) groups is 1. The molecule has 0 saturated heterocycles. The number of para-hydroxylation sites is 1. The van der Waals surface area contributed by atoms with Gasteiger partial charge in [0.05, 0.1) is 23.4 Å². The monoisotopic (exact) mass is 383 g/mol. The van der Waals surface area contributed by atoms with Crippen LogP contribution in [-0.2, 0) is 11.3 Å². The summed E-state index contributed by atoms with van der Waals surface area (Å²) in [6, 6.07) is 14.5. The van der Waals surface area contributed by atoms with Crippen molar-refractivity contribution in [1.29, 1.82) is 0 Å². The van der Waals surface area contributed by atoms with Crippen molar-refractivity contribution in [1.82, 2.24) is 14.9 Å². The van der Waals surface area contributed by atoms with Gasteiger partial charge in [0.25, 0.3) is 5.56 Å². The molecule has 6 heteroatoms. The summed E-state index contributed by atoms with van der Waals surface area (Å²) in [5, 5.41) is 1.18. The second-order valence-corrected chi connectivity index (χ2v) is 7.43. The lowest BCUT2D eigenvalue weighted by atomic mass is 9.87. The highest BCUT2D eigenvalue weighted by molar-refractivity contribution is 6.30. The van der Waals surface area contributed by atoms with Gasteiger partial charge in [-0.2, -0.15) is 0 Å². The minimum Gasteiger partial charge on any atom is -0.338 e. The molecule has 0 spiro atoms. The Hall–Kier alpha value is -2.66. The van der Waals surface area contributed by atoms with Gasteiger partial charge in [0, 0.05) is 12.1 Å². The maximum absolute atomic E-state index is 13.1. The van der Waals surface area contributed by atoms with E-state index in [4.69, 9.17) is 11.6 Å². The molecule has 2 aromatic carbocycles. The highest BCUT2D eigenvalue weighted by Gasteiger charge is 2.27.